The van der Waals surface area contributed by atoms with Gasteiger partial charge in [0.05, 0.1) is 16.9 Å². The van der Waals surface area contributed by atoms with Gasteiger partial charge in [-0.05, 0) is 70.1 Å². The van der Waals surface area contributed by atoms with Gasteiger partial charge in [0, 0.05) is 210 Å². The van der Waals surface area contributed by atoms with Crippen molar-refractivity contribution in [2.45, 2.75) is 194 Å². The second-order valence-electron chi connectivity index (χ2n) is 38.0. The summed E-state index contributed by atoms with van der Waals surface area (Å²) in [7, 11) is 63.2. The summed E-state index contributed by atoms with van der Waals surface area (Å²) in [5.41, 5.74) is 5.71. The smallest absolute Gasteiger partial charge is 0.266 e. The molecule has 14 aromatic rings. The molecule has 668 valence electrons. The third kappa shape index (κ3) is 20.3. The molecule has 0 bridgehead atoms. The van der Waals surface area contributed by atoms with E-state index >= 15 is 0 Å². The Bertz CT molecular complexity index is 6680. The second-order valence-corrected chi connectivity index (χ2v) is 68.1. The zero-order valence-electron chi connectivity index (χ0n) is 81.5. The Labute approximate surface area is 868 Å². The number of pyridine rings is 4. The van der Waals surface area contributed by atoms with Gasteiger partial charge in [0.25, 0.3) is 23.6 Å². The third-order valence-electron chi connectivity index (χ3n) is 29.0. The van der Waals surface area contributed by atoms with Crippen LogP contribution in [0.5, 0.6) is 0 Å². The number of hydrogen-bond donors (Lipinski definition) is 0. The summed E-state index contributed by atoms with van der Waals surface area (Å²) >= 11 is -1.67. The minimum atomic E-state index is -3.73. The van der Waals surface area contributed by atoms with Gasteiger partial charge < -0.3 is 0 Å². The van der Waals surface area contributed by atoms with Gasteiger partial charge in [-0.1, -0.05) is 34.1 Å². The van der Waals surface area contributed by atoms with Gasteiger partial charge in [-0.25, -0.2) is 9.80 Å². The van der Waals surface area contributed by atoms with Crippen LogP contribution in [0, 0.1) is 0 Å². The summed E-state index contributed by atoms with van der Waals surface area (Å²) in [6.07, 6.45) is 27.3. The number of nitrogens with zero attached hydrogens (tertiary/aromatic N) is 8. The van der Waals surface area contributed by atoms with Crippen LogP contribution in [0.1, 0.15) is 241 Å². The van der Waals surface area contributed by atoms with E-state index in [0.29, 0.717) is 93.3 Å². The van der Waals surface area contributed by atoms with Crippen molar-refractivity contribution in [3.63, 3.8) is 0 Å². The molecule has 16 nitrogen and oxygen atoms in total. The topological polar surface area (TPSA) is 201 Å². The number of hydrogen-bond acceptors (Lipinski definition) is 12. The number of amides is 8. The van der Waals surface area contributed by atoms with E-state index in [9.17, 15) is 38.4 Å². The molecule has 5 aliphatic rings. The Balaban J connectivity index is 0.000000149. The van der Waals surface area contributed by atoms with Crippen LogP contribution in [0.15, 0.2) is 181 Å². The Kier molecular flexibility index (Phi) is 35.8. The molecule has 0 unspecified atom stereocenters. The van der Waals surface area contributed by atoms with Crippen molar-refractivity contribution in [1.29, 1.82) is 0 Å². The van der Waals surface area contributed by atoms with E-state index in [1.165, 1.54) is 104 Å². The fourth-order valence-corrected chi connectivity index (χ4v) is 58.3. The van der Waals surface area contributed by atoms with Gasteiger partial charge in [0.2, 0.25) is 0 Å². The second kappa shape index (κ2) is 47.1. The van der Waals surface area contributed by atoms with E-state index in [1.807, 2.05) is 42.5 Å². The van der Waals surface area contributed by atoms with Crippen molar-refractivity contribution in [2.75, 3.05) is 19.6 Å². The molecule has 4 aromatic heterocycles. The number of unbranched alkanes of at least 4 members (excludes halogenated alkanes) is 8. The fraction of sp³-hybridized carbons (Fsp3) is 0.320. The number of rotatable bonds is 36. The number of fused-ring (bicyclic) bond motifs is 3. The molecule has 140 heavy (non-hydrogen) atoms. The minimum absolute atomic E-state index is 0.320. The molecule has 0 N–H and O–H groups in total. The monoisotopic (exact) mass is 2200 g/mol. The van der Waals surface area contributed by atoms with Crippen LogP contribution in [0.4, 0.5) is 22.7 Å². The largest absolute Gasteiger partial charge is 0.268 e. The summed E-state index contributed by atoms with van der Waals surface area (Å²) in [6.45, 7) is 18.4. The summed E-state index contributed by atoms with van der Waals surface area (Å²) in [4.78, 5) is 134. The molecule has 8 amide bonds. The number of halogens is 1. The molecule has 0 saturated heterocycles. The molecule has 40 heteroatoms. The number of aromatic nitrogens is 4. The normalized spacial score (nSPS) is 13.7. The van der Waals surface area contributed by atoms with Crippen LogP contribution >= 0.6 is 15.9 Å². The molecule has 24 radical (unpaired) electrons. The molecule has 0 saturated carbocycles. The first-order chi connectivity index (χ1) is 67.6. The van der Waals surface area contributed by atoms with Crippen LogP contribution in [0.3, 0.4) is 0 Å². The van der Waals surface area contributed by atoms with Crippen LogP contribution in [-0.2, 0) is 0 Å². The fourth-order valence-electron chi connectivity index (χ4n) is 22.1. The van der Waals surface area contributed by atoms with Crippen molar-refractivity contribution in [1.82, 2.24) is 19.9 Å². The Morgan fingerprint density at radius 1 is 0.264 bits per heavy atom. The average molecular weight is 2200 g/mol. The zero-order chi connectivity index (χ0) is 100.0. The van der Waals surface area contributed by atoms with Crippen LogP contribution in [0.2, 0.25) is 35.5 Å². The first-order valence-electron chi connectivity index (χ1n) is 49.9. The Morgan fingerprint density at radius 2 is 0.500 bits per heavy atom. The maximum absolute atomic E-state index is 14.7. The third-order valence-corrected chi connectivity index (χ3v) is 62.8. The van der Waals surface area contributed by atoms with Gasteiger partial charge in [-0.2, -0.15) is 0 Å². The molecular weight excluding hydrogens is 2090 g/mol. The van der Waals surface area contributed by atoms with Gasteiger partial charge in [-0.3, -0.25) is 29.1 Å². The molecule has 5 aliphatic heterocycles. The maximum Gasteiger partial charge on any atom is 0.266 e. The van der Waals surface area contributed by atoms with E-state index < -0.39 is 139 Å². The molecule has 9 heterocycles. The number of imide groups is 4. The molecule has 10 aromatic carbocycles. The molecular formula is C100H101B20BrN8O8Sn3. The molecule has 0 atom stereocenters. The summed E-state index contributed by atoms with van der Waals surface area (Å²) in [5, 5.41) is 13.5. The van der Waals surface area contributed by atoms with Gasteiger partial charge in [0.15, 0.2) is 0 Å². The Morgan fingerprint density at radius 3 is 0.757 bits per heavy atom. The Hall–Kier alpha value is -7.87. The molecule has 19 rings (SSSR count). The maximum atomic E-state index is 14.7. The van der Waals surface area contributed by atoms with E-state index in [2.05, 4.69) is 103 Å². The zero-order valence-corrected chi connectivity index (χ0v) is 91.6. The van der Waals surface area contributed by atoms with Crippen LogP contribution < -0.4 is 26.8 Å². The number of carbonyl (C=O) groups excluding carboxylic acids is 8. The van der Waals surface area contributed by atoms with Gasteiger partial charge >= 0.3 is 483 Å². The van der Waals surface area contributed by atoms with Crippen molar-refractivity contribution in [2.24, 2.45) is 0 Å². The molecule has 0 aliphatic carbocycles. The average Bonchev–Trinajstić information content (AvgIpc) is 1.32. The van der Waals surface area contributed by atoms with Crippen molar-refractivity contribution in [3.05, 3.63) is 226 Å². The predicted molar refractivity (Wildman–Crippen MR) is 614 cm³/mol. The number of carbonyl (C=O) groups is 8. The van der Waals surface area contributed by atoms with Crippen molar-refractivity contribution in [3.8, 4) is 0 Å². The molecule has 0 fully saturated rings. The first-order valence-corrected chi connectivity index (χ1v) is 69.7. The number of benzene rings is 10. The van der Waals surface area contributed by atoms with Crippen molar-refractivity contribution < 1.29 is 38.4 Å². The quantitative estimate of drug-likeness (QED) is 0.0156. The molecule has 0 spiro atoms. The van der Waals surface area contributed by atoms with Crippen molar-refractivity contribution >= 4 is 380 Å². The first kappa shape index (κ1) is 106. The van der Waals surface area contributed by atoms with E-state index in [1.54, 1.807) is 149 Å². The van der Waals surface area contributed by atoms with E-state index in [0.717, 1.165) is 99.2 Å². The van der Waals surface area contributed by atoms with Crippen LogP contribution in [0.25, 0.3) is 86.2 Å². The summed E-state index contributed by atoms with van der Waals surface area (Å²) in [5.74, 6) is -2.98. The van der Waals surface area contributed by atoms with E-state index in [4.69, 9.17) is 85.1 Å². The summed E-state index contributed by atoms with van der Waals surface area (Å²) < 4.78 is 15.4. The van der Waals surface area contributed by atoms with E-state index in [-0.39, 0.29) is 23.6 Å². The van der Waals surface area contributed by atoms with Gasteiger partial charge in [-0.15, -0.1) is 0 Å². The summed E-state index contributed by atoms with van der Waals surface area (Å²) in [6, 6.07) is 38.0. The number of anilines is 4. The predicted octanol–water partition coefficient (Wildman–Crippen LogP) is 16.6. The standard InChI is InChI=1S/C34H15BrN4O4.C34H14N4O4.8C4H9.B20.3Sn/c35-25-15-24-28-23(33(42)39(34(24)43)17-9-13-37-14-10-17)5-2-19-18-1-4-21-27-22(6-3-20(26(18)27)29(25)30(19)28)32(41)38(31(21)40)16-7-11-36-12-8-16;39-31-23-5-1-19-20-2-6-25-30-26(34(42)38(33(25)41)18-11-15-36-16-12-18)8-4-22(28(20)30)21-3-7-24(29(23)27(19)21)32(40)37(31)17-9-13-35-14-10-17;8*1-3-4-2;1-12(2)17(11)20(18(13(3)4)14(5)6)19(15(7)8)16(9)10;;;/h1-15H;1-2,5-16H;8*1,3-4H2,2H3;;;;. The van der Waals surface area contributed by atoms with Gasteiger partial charge in [0.1, 0.15) is 0 Å². The minimum Gasteiger partial charge on any atom is -0.268 e. The SMILES string of the molecule is CCC[CH2][Sn]([CH2]CCC)[CH2]CCC.CCC[CH2][Sn]([CH2]CCC)[CH2]CCC.CCC[CH2][Sn]1([CH2]CCC)[c]2cc3c4c(ccc5c6ccc7c8c(c[c]1c(c2c45)c86)C(=O)N(c1ccncc1)C7=O)C(=O)N(c1ccncc1)C3=O.O=C1c2ccc3c4ccc5c6c(cc(Br)c(c7ccc(c2c37)C(=O)N1c1ccncc1)c64)C(=O)N(c1ccncc1)C5=O.[B]B([B])B([B])B(B(B([B])[B])B([B])[B])B(B([B])[B])B([B])[B]. The van der Waals surface area contributed by atoms with Crippen LogP contribution in [-0.4, -0.2) is 268 Å².